The molecule has 0 fully saturated rings. The fourth-order valence-electron chi connectivity index (χ4n) is 2.63. The minimum atomic E-state index is 0.697. The molecule has 0 unspecified atom stereocenters. The molecular weight excluding hydrogens is 328 g/mol. The highest BCUT2D eigenvalue weighted by molar-refractivity contribution is 9.08. The van der Waals surface area contributed by atoms with Crippen LogP contribution in [0.25, 0.3) is 0 Å². The Morgan fingerprint density at radius 1 is 1.19 bits per heavy atom. The lowest BCUT2D eigenvalue weighted by Gasteiger charge is -2.11. The molecule has 0 saturated heterocycles. The van der Waals surface area contributed by atoms with Crippen LogP contribution in [0.5, 0.6) is 11.5 Å². The predicted molar refractivity (Wildman–Crippen MR) is 88.7 cm³/mol. The van der Waals surface area contributed by atoms with Gasteiger partial charge in [0.1, 0.15) is 11.5 Å². The van der Waals surface area contributed by atoms with E-state index in [-0.39, 0.29) is 0 Å². The normalized spacial score (nSPS) is 12.9. The van der Waals surface area contributed by atoms with Crippen LogP contribution in [0.2, 0.25) is 0 Å². The molecule has 0 saturated carbocycles. The molecule has 0 radical (unpaired) electrons. The van der Waals surface area contributed by atoms with Crippen LogP contribution in [0.1, 0.15) is 22.3 Å². The van der Waals surface area contributed by atoms with E-state index < -0.39 is 0 Å². The summed E-state index contributed by atoms with van der Waals surface area (Å²) in [6.45, 7) is 3.61. The maximum absolute atomic E-state index is 5.95. The van der Waals surface area contributed by atoms with Gasteiger partial charge in [-0.3, -0.25) is 0 Å². The zero-order valence-corrected chi connectivity index (χ0v) is 13.8. The molecule has 3 heteroatoms. The van der Waals surface area contributed by atoms with Gasteiger partial charge < -0.3 is 9.47 Å². The molecule has 1 aliphatic rings. The molecule has 0 spiro atoms. The van der Waals surface area contributed by atoms with E-state index in [9.17, 15) is 0 Å². The van der Waals surface area contributed by atoms with Gasteiger partial charge in [0, 0.05) is 23.7 Å². The lowest BCUT2D eigenvalue weighted by molar-refractivity contribution is 0.319. The van der Waals surface area contributed by atoms with Gasteiger partial charge in [0.2, 0.25) is 0 Å². The number of fused-ring (bicyclic) bond motifs is 1. The van der Waals surface area contributed by atoms with Crippen molar-refractivity contribution in [1.29, 1.82) is 0 Å². The first-order valence-corrected chi connectivity index (χ1v) is 8.41. The van der Waals surface area contributed by atoms with Gasteiger partial charge >= 0.3 is 0 Å². The van der Waals surface area contributed by atoms with Crippen LogP contribution < -0.4 is 9.47 Å². The number of halogens is 1. The van der Waals surface area contributed by atoms with Crippen molar-refractivity contribution < 1.29 is 9.47 Å². The quantitative estimate of drug-likeness (QED) is 0.744. The van der Waals surface area contributed by atoms with Crippen LogP contribution in [0, 0.1) is 6.92 Å². The van der Waals surface area contributed by atoms with Crippen LogP contribution >= 0.6 is 15.9 Å². The highest BCUT2D eigenvalue weighted by Gasteiger charge is 2.12. The molecule has 2 nitrogen and oxygen atoms in total. The van der Waals surface area contributed by atoms with Crippen molar-refractivity contribution in [3.63, 3.8) is 0 Å². The number of rotatable bonds is 5. The fourth-order valence-corrected chi connectivity index (χ4v) is 3.07. The van der Waals surface area contributed by atoms with Crippen molar-refractivity contribution in [2.45, 2.75) is 25.1 Å². The third-order valence-corrected chi connectivity index (χ3v) is 4.37. The maximum Gasteiger partial charge on any atom is 0.123 e. The molecule has 0 bridgehead atoms. The van der Waals surface area contributed by atoms with Gasteiger partial charge in [-0.1, -0.05) is 45.8 Å². The molecule has 1 aliphatic heterocycles. The molecule has 1 heterocycles. The molecule has 110 valence electrons. The fraction of sp³-hybridized carbons (Fsp3) is 0.333. The minimum absolute atomic E-state index is 0.697. The molecule has 2 aromatic rings. The van der Waals surface area contributed by atoms with Crippen LogP contribution in [0.4, 0.5) is 0 Å². The largest absolute Gasteiger partial charge is 0.493 e. The van der Waals surface area contributed by atoms with E-state index in [4.69, 9.17) is 9.47 Å². The topological polar surface area (TPSA) is 18.5 Å². The van der Waals surface area contributed by atoms with Gasteiger partial charge in [-0.05, 0) is 30.2 Å². The van der Waals surface area contributed by atoms with E-state index in [0.29, 0.717) is 6.61 Å². The van der Waals surface area contributed by atoms with Gasteiger partial charge in [-0.25, -0.2) is 0 Å². The smallest absolute Gasteiger partial charge is 0.123 e. The number of benzene rings is 2. The van der Waals surface area contributed by atoms with E-state index in [2.05, 4.69) is 59.3 Å². The lowest BCUT2D eigenvalue weighted by atomic mass is 10.1. The minimum Gasteiger partial charge on any atom is -0.493 e. The first kappa shape index (κ1) is 14.5. The molecule has 21 heavy (non-hydrogen) atoms. The Morgan fingerprint density at radius 3 is 2.95 bits per heavy atom. The van der Waals surface area contributed by atoms with Crippen molar-refractivity contribution in [3.05, 3.63) is 58.7 Å². The number of aryl methyl sites for hydroxylation is 1. The SMILES string of the molecule is Cc1ccc(OCCc2ccc3c(c2)CCO3)c(CBr)c1. The summed E-state index contributed by atoms with van der Waals surface area (Å²) in [6, 6.07) is 12.8. The maximum atomic E-state index is 5.95. The van der Waals surface area contributed by atoms with E-state index in [1.807, 2.05) is 0 Å². The van der Waals surface area contributed by atoms with Crippen molar-refractivity contribution in [3.8, 4) is 11.5 Å². The third kappa shape index (κ3) is 3.41. The first-order valence-electron chi connectivity index (χ1n) is 7.29. The number of hydrogen-bond donors (Lipinski definition) is 0. The Bertz CT molecular complexity index is 637. The number of hydrogen-bond acceptors (Lipinski definition) is 2. The van der Waals surface area contributed by atoms with Gasteiger partial charge in [-0.15, -0.1) is 0 Å². The van der Waals surface area contributed by atoms with Gasteiger partial charge in [0.15, 0.2) is 0 Å². The van der Waals surface area contributed by atoms with E-state index >= 15 is 0 Å². The van der Waals surface area contributed by atoms with Gasteiger partial charge in [0.05, 0.1) is 13.2 Å². The summed E-state index contributed by atoms with van der Waals surface area (Å²) >= 11 is 3.52. The summed E-state index contributed by atoms with van der Waals surface area (Å²) in [4.78, 5) is 0. The second-order valence-electron chi connectivity index (χ2n) is 5.38. The number of alkyl halides is 1. The molecule has 0 N–H and O–H groups in total. The van der Waals surface area contributed by atoms with Crippen molar-refractivity contribution in [2.75, 3.05) is 13.2 Å². The van der Waals surface area contributed by atoms with Crippen molar-refractivity contribution >= 4 is 15.9 Å². The van der Waals surface area contributed by atoms with E-state index in [1.54, 1.807) is 0 Å². The molecule has 3 rings (SSSR count). The molecule has 0 aromatic heterocycles. The van der Waals surface area contributed by atoms with Crippen molar-refractivity contribution in [1.82, 2.24) is 0 Å². The van der Waals surface area contributed by atoms with E-state index in [1.165, 1.54) is 22.3 Å². The highest BCUT2D eigenvalue weighted by Crippen LogP contribution is 2.26. The molecule has 2 aromatic carbocycles. The monoisotopic (exact) mass is 346 g/mol. The Balaban J connectivity index is 1.61. The lowest BCUT2D eigenvalue weighted by Crippen LogP contribution is -2.03. The second-order valence-corrected chi connectivity index (χ2v) is 5.94. The van der Waals surface area contributed by atoms with Crippen LogP contribution in [-0.2, 0) is 18.2 Å². The predicted octanol–water partition coefficient (Wildman–Crippen LogP) is 4.45. The standard InChI is InChI=1S/C18H19BrO2/c1-13-2-4-18(16(10-13)12-19)20-8-6-14-3-5-17-15(11-14)7-9-21-17/h2-5,10-11H,6-9,12H2,1H3. The summed E-state index contributed by atoms with van der Waals surface area (Å²) in [7, 11) is 0. The number of ether oxygens (including phenoxy) is 2. The highest BCUT2D eigenvalue weighted by atomic mass is 79.9. The summed E-state index contributed by atoms with van der Waals surface area (Å²) < 4.78 is 11.5. The molecule has 0 aliphatic carbocycles. The average Bonchev–Trinajstić information content (AvgIpc) is 2.96. The zero-order chi connectivity index (χ0) is 14.7. The summed E-state index contributed by atoms with van der Waals surface area (Å²) in [5, 5.41) is 0.820. The Hall–Kier alpha value is -1.48. The van der Waals surface area contributed by atoms with E-state index in [0.717, 1.165) is 36.3 Å². The average molecular weight is 347 g/mol. The third-order valence-electron chi connectivity index (χ3n) is 3.76. The molecule has 0 amide bonds. The summed E-state index contributed by atoms with van der Waals surface area (Å²) in [6.07, 6.45) is 1.94. The van der Waals surface area contributed by atoms with Crippen LogP contribution in [0.3, 0.4) is 0 Å². The van der Waals surface area contributed by atoms with Gasteiger partial charge in [0.25, 0.3) is 0 Å². The Morgan fingerprint density at radius 2 is 2.10 bits per heavy atom. The first-order chi connectivity index (χ1) is 10.3. The second kappa shape index (κ2) is 6.52. The van der Waals surface area contributed by atoms with Crippen LogP contribution in [0.15, 0.2) is 36.4 Å². The van der Waals surface area contributed by atoms with Crippen molar-refractivity contribution in [2.24, 2.45) is 0 Å². The Kier molecular flexibility index (Phi) is 4.49. The molecular formula is C18H19BrO2. The zero-order valence-electron chi connectivity index (χ0n) is 12.2. The Labute approximate surface area is 134 Å². The molecule has 0 atom stereocenters. The summed E-state index contributed by atoms with van der Waals surface area (Å²) in [5.74, 6) is 2.02. The summed E-state index contributed by atoms with van der Waals surface area (Å²) in [5.41, 5.74) is 5.10. The van der Waals surface area contributed by atoms with Crippen LogP contribution in [-0.4, -0.2) is 13.2 Å². The van der Waals surface area contributed by atoms with Gasteiger partial charge in [-0.2, -0.15) is 0 Å².